The van der Waals surface area contributed by atoms with Crippen LogP contribution < -0.4 is 10.6 Å². The summed E-state index contributed by atoms with van der Waals surface area (Å²) < 4.78 is 16.0. The van der Waals surface area contributed by atoms with Gasteiger partial charge in [-0.2, -0.15) is 0 Å². The van der Waals surface area contributed by atoms with Crippen LogP contribution in [-0.4, -0.2) is 33.7 Å². The van der Waals surface area contributed by atoms with Crippen LogP contribution in [0.3, 0.4) is 0 Å². The summed E-state index contributed by atoms with van der Waals surface area (Å²) in [7, 11) is 1.77. The average molecular weight is 386 g/mol. The molecule has 0 saturated heterocycles. The van der Waals surface area contributed by atoms with Crippen LogP contribution in [0.5, 0.6) is 0 Å². The standard InChI is InChI=1S/C19H21FN4O2.C2H6/c1-12-6-7-15(14(20)11-12)23-18-16(19(26)22-9-4-10-25)13-5-3-8-21-17(13)24(18)2;1-2/h3,5-8,11,23,25H,4,9-10H2,1-2H3,(H,22,26);1-2H3. The first-order chi connectivity index (χ1) is 13.5. The molecule has 0 spiro atoms. The summed E-state index contributed by atoms with van der Waals surface area (Å²) in [5, 5.41) is 15.4. The highest BCUT2D eigenvalue weighted by molar-refractivity contribution is 6.11. The van der Waals surface area contributed by atoms with Gasteiger partial charge in [-0.05, 0) is 43.2 Å². The number of fused-ring (bicyclic) bond motifs is 1. The number of aliphatic hydroxyl groups is 1. The number of carbonyl (C=O) groups is 1. The molecule has 7 heteroatoms. The normalized spacial score (nSPS) is 10.4. The first-order valence-corrected chi connectivity index (χ1v) is 9.38. The maximum absolute atomic E-state index is 14.3. The van der Waals surface area contributed by atoms with Gasteiger partial charge in [0.1, 0.15) is 17.3 Å². The fourth-order valence-corrected chi connectivity index (χ4v) is 2.86. The van der Waals surface area contributed by atoms with Gasteiger partial charge in [0.05, 0.1) is 11.3 Å². The highest BCUT2D eigenvalue weighted by atomic mass is 19.1. The molecule has 0 fully saturated rings. The Bertz CT molecular complexity index is 953. The maximum atomic E-state index is 14.3. The number of hydrogen-bond acceptors (Lipinski definition) is 4. The Hall–Kier alpha value is -2.93. The van der Waals surface area contributed by atoms with E-state index in [9.17, 15) is 9.18 Å². The van der Waals surface area contributed by atoms with Crippen molar-refractivity contribution < 1.29 is 14.3 Å². The second-order valence-electron chi connectivity index (χ2n) is 6.10. The molecule has 2 aromatic heterocycles. The molecule has 0 aliphatic carbocycles. The number of halogens is 1. The number of nitrogens with zero attached hydrogens (tertiary/aromatic N) is 2. The number of amides is 1. The summed E-state index contributed by atoms with van der Waals surface area (Å²) in [6.45, 7) is 6.16. The minimum atomic E-state index is -0.394. The SMILES string of the molecule is CC.Cc1ccc(Nc2c(C(=O)NCCCO)c3cccnc3n2C)c(F)c1. The number of anilines is 2. The number of nitrogens with one attached hydrogen (secondary N) is 2. The molecular formula is C21H27FN4O2. The van der Waals surface area contributed by atoms with Crippen molar-refractivity contribution in [1.82, 2.24) is 14.9 Å². The van der Waals surface area contributed by atoms with Crippen molar-refractivity contribution in [2.45, 2.75) is 27.2 Å². The topological polar surface area (TPSA) is 79.2 Å². The first-order valence-electron chi connectivity index (χ1n) is 9.38. The molecule has 0 unspecified atom stereocenters. The van der Waals surface area contributed by atoms with Crippen LogP contribution >= 0.6 is 0 Å². The fraction of sp³-hybridized carbons (Fsp3) is 0.333. The largest absolute Gasteiger partial charge is 0.396 e. The lowest BCUT2D eigenvalue weighted by molar-refractivity contribution is 0.0953. The van der Waals surface area contributed by atoms with Crippen LogP contribution in [-0.2, 0) is 7.05 Å². The van der Waals surface area contributed by atoms with Crippen molar-refractivity contribution in [3.05, 3.63) is 53.5 Å². The highest BCUT2D eigenvalue weighted by Crippen LogP contribution is 2.31. The molecule has 0 atom stereocenters. The number of rotatable bonds is 6. The van der Waals surface area contributed by atoms with Gasteiger partial charge in [0.25, 0.3) is 5.91 Å². The zero-order chi connectivity index (χ0) is 20.7. The van der Waals surface area contributed by atoms with Gasteiger partial charge in [-0.15, -0.1) is 0 Å². The predicted molar refractivity (Wildman–Crippen MR) is 111 cm³/mol. The summed E-state index contributed by atoms with van der Waals surface area (Å²) in [5.74, 6) is -0.232. The Morgan fingerprint density at radius 1 is 1.29 bits per heavy atom. The van der Waals surface area contributed by atoms with E-state index >= 15 is 0 Å². The molecule has 3 aromatic rings. The molecular weight excluding hydrogens is 359 g/mol. The van der Waals surface area contributed by atoms with E-state index in [-0.39, 0.29) is 18.2 Å². The van der Waals surface area contributed by atoms with E-state index < -0.39 is 5.82 Å². The summed E-state index contributed by atoms with van der Waals surface area (Å²) >= 11 is 0. The number of benzene rings is 1. The molecule has 6 nitrogen and oxygen atoms in total. The maximum Gasteiger partial charge on any atom is 0.255 e. The molecule has 0 aliphatic heterocycles. The van der Waals surface area contributed by atoms with Crippen molar-refractivity contribution >= 4 is 28.4 Å². The second kappa shape index (κ2) is 9.85. The van der Waals surface area contributed by atoms with Crippen molar-refractivity contribution in [2.75, 3.05) is 18.5 Å². The third-order valence-corrected chi connectivity index (χ3v) is 4.17. The zero-order valence-corrected chi connectivity index (χ0v) is 16.7. The lowest BCUT2D eigenvalue weighted by atomic mass is 10.1. The number of pyridine rings is 1. The number of aromatic nitrogens is 2. The van der Waals surface area contributed by atoms with Gasteiger partial charge < -0.3 is 20.3 Å². The van der Waals surface area contributed by atoms with Crippen LogP contribution in [0.15, 0.2) is 36.5 Å². The van der Waals surface area contributed by atoms with Gasteiger partial charge in [-0.1, -0.05) is 19.9 Å². The minimum absolute atomic E-state index is 0.00292. The summed E-state index contributed by atoms with van der Waals surface area (Å²) in [5.41, 5.74) is 2.11. The van der Waals surface area contributed by atoms with Crippen LogP contribution in [0.1, 0.15) is 36.2 Å². The molecule has 2 heterocycles. The van der Waals surface area contributed by atoms with Gasteiger partial charge in [-0.3, -0.25) is 4.79 Å². The Kier molecular flexibility index (Phi) is 7.52. The smallest absolute Gasteiger partial charge is 0.255 e. The third-order valence-electron chi connectivity index (χ3n) is 4.17. The van der Waals surface area contributed by atoms with E-state index in [1.54, 1.807) is 42.1 Å². The number of aliphatic hydroxyl groups excluding tert-OH is 1. The van der Waals surface area contributed by atoms with Gasteiger partial charge >= 0.3 is 0 Å². The number of carbonyl (C=O) groups excluding carboxylic acids is 1. The summed E-state index contributed by atoms with van der Waals surface area (Å²) in [6, 6.07) is 8.43. The molecule has 0 saturated carbocycles. The summed E-state index contributed by atoms with van der Waals surface area (Å²) in [6.07, 6.45) is 2.11. The van der Waals surface area contributed by atoms with Gasteiger partial charge in [0, 0.05) is 31.8 Å². The van der Waals surface area contributed by atoms with E-state index in [1.165, 1.54) is 6.07 Å². The first kappa shape index (κ1) is 21.4. The third kappa shape index (κ3) is 4.48. The predicted octanol–water partition coefficient (Wildman–Crippen LogP) is 3.90. The molecule has 3 N–H and O–H groups in total. The highest BCUT2D eigenvalue weighted by Gasteiger charge is 2.22. The lowest BCUT2D eigenvalue weighted by Gasteiger charge is -2.12. The van der Waals surface area contributed by atoms with E-state index in [0.29, 0.717) is 35.4 Å². The minimum Gasteiger partial charge on any atom is -0.396 e. The van der Waals surface area contributed by atoms with Crippen molar-refractivity contribution in [2.24, 2.45) is 7.05 Å². The average Bonchev–Trinajstić information content (AvgIpc) is 2.98. The molecule has 1 aromatic carbocycles. The van der Waals surface area contributed by atoms with Gasteiger partial charge in [0.15, 0.2) is 0 Å². The lowest BCUT2D eigenvalue weighted by Crippen LogP contribution is -2.25. The Balaban J connectivity index is 0.00000136. The summed E-state index contributed by atoms with van der Waals surface area (Å²) in [4.78, 5) is 17.1. The Morgan fingerprint density at radius 3 is 2.71 bits per heavy atom. The molecule has 0 aliphatic rings. The molecule has 3 rings (SSSR count). The quantitative estimate of drug-likeness (QED) is 0.562. The van der Waals surface area contributed by atoms with Crippen molar-refractivity contribution in [3.8, 4) is 0 Å². The van der Waals surface area contributed by atoms with Gasteiger partial charge in [0.2, 0.25) is 0 Å². The molecule has 28 heavy (non-hydrogen) atoms. The molecule has 0 bridgehead atoms. The van der Waals surface area contributed by atoms with Crippen LogP contribution in [0.4, 0.5) is 15.9 Å². The molecule has 0 radical (unpaired) electrons. The van der Waals surface area contributed by atoms with E-state index in [2.05, 4.69) is 15.6 Å². The van der Waals surface area contributed by atoms with Crippen LogP contribution in [0.25, 0.3) is 11.0 Å². The van der Waals surface area contributed by atoms with Gasteiger partial charge in [-0.25, -0.2) is 9.37 Å². The number of aryl methyl sites for hydroxylation is 2. The molecule has 1 amide bonds. The van der Waals surface area contributed by atoms with Crippen molar-refractivity contribution in [3.63, 3.8) is 0 Å². The second-order valence-corrected chi connectivity index (χ2v) is 6.10. The Labute approximate surface area is 164 Å². The van der Waals surface area contributed by atoms with E-state index in [0.717, 1.165) is 5.56 Å². The monoisotopic (exact) mass is 386 g/mol. The molecule has 150 valence electrons. The van der Waals surface area contributed by atoms with Crippen LogP contribution in [0, 0.1) is 12.7 Å². The zero-order valence-electron chi connectivity index (χ0n) is 16.7. The number of hydrogen-bond donors (Lipinski definition) is 3. The Morgan fingerprint density at radius 2 is 2.04 bits per heavy atom. The van der Waals surface area contributed by atoms with E-state index in [1.807, 2.05) is 20.8 Å². The fourth-order valence-electron chi connectivity index (χ4n) is 2.86. The van der Waals surface area contributed by atoms with E-state index in [4.69, 9.17) is 5.11 Å². The van der Waals surface area contributed by atoms with Crippen LogP contribution in [0.2, 0.25) is 0 Å². The van der Waals surface area contributed by atoms with Crippen molar-refractivity contribution in [1.29, 1.82) is 0 Å².